The number of halogens is 2. The second kappa shape index (κ2) is 9.90. The molecule has 0 bridgehead atoms. The molecule has 3 rings (SSSR count). The largest absolute Gasteiger partial charge is 0.381 e. The fraction of sp³-hybridized carbons (Fsp3) is 0.929. The van der Waals surface area contributed by atoms with E-state index >= 15 is 0 Å². The van der Waals surface area contributed by atoms with Crippen LogP contribution in [0.25, 0.3) is 0 Å². The number of hydrogen-bond donors (Lipinski definition) is 1. The first-order chi connectivity index (χ1) is 9.84. The van der Waals surface area contributed by atoms with Crippen LogP contribution in [-0.2, 0) is 14.3 Å². The lowest BCUT2D eigenvalue weighted by atomic mass is 10.1. The highest BCUT2D eigenvalue weighted by molar-refractivity contribution is 5.85. The summed E-state index contributed by atoms with van der Waals surface area (Å²) in [5.41, 5.74) is 0. The van der Waals surface area contributed by atoms with E-state index in [9.17, 15) is 4.79 Å². The predicted molar refractivity (Wildman–Crippen MR) is 89.1 cm³/mol. The lowest BCUT2D eigenvalue weighted by Gasteiger charge is -2.41. The zero-order valence-electron chi connectivity index (χ0n) is 12.9. The van der Waals surface area contributed by atoms with Crippen molar-refractivity contribution in [1.82, 2.24) is 15.1 Å². The molecule has 3 fully saturated rings. The summed E-state index contributed by atoms with van der Waals surface area (Å²) in [5.74, 6) is 0.156. The molecule has 0 aliphatic carbocycles. The number of hydrogen-bond acceptors (Lipinski definition) is 5. The van der Waals surface area contributed by atoms with E-state index in [0.717, 1.165) is 58.8 Å². The molecule has 22 heavy (non-hydrogen) atoms. The number of carbonyl (C=O) groups is 1. The van der Waals surface area contributed by atoms with Gasteiger partial charge in [0.15, 0.2) is 0 Å². The Hall–Kier alpha value is -0.110. The molecule has 8 heteroatoms. The van der Waals surface area contributed by atoms with E-state index < -0.39 is 0 Å². The Kier molecular flexibility index (Phi) is 8.97. The lowest BCUT2D eigenvalue weighted by Crippen LogP contribution is -2.57. The SMILES string of the molecule is Cl.Cl.O=C(C1CNCCO1)N1CCN(C2CCOCC2)CC1. The van der Waals surface area contributed by atoms with Gasteiger partial charge in [0.25, 0.3) is 5.91 Å². The molecule has 3 aliphatic rings. The number of morpholine rings is 1. The molecule has 130 valence electrons. The minimum Gasteiger partial charge on any atom is -0.381 e. The molecule has 6 nitrogen and oxygen atoms in total. The monoisotopic (exact) mass is 355 g/mol. The summed E-state index contributed by atoms with van der Waals surface area (Å²) < 4.78 is 11.0. The Morgan fingerprint density at radius 3 is 2.27 bits per heavy atom. The van der Waals surface area contributed by atoms with Gasteiger partial charge < -0.3 is 19.7 Å². The van der Waals surface area contributed by atoms with Gasteiger partial charge in [-0.15, -0.1) is 24.8 Å². The van der Waals surface area contributed by atoms with Crippen LogP contribution in [0.4, 0.5) is 0 Å². The third-order valence-electron chi connectivity index (χ3n) is 4.54. The van der Waals surface area contributed by atoms with Gasteiger partial charge in [-0.05, 0) is 12.8 Å². The lowest BCUT2D eigenvalue weighted by molar-refractivity contribution is -0.147. The summed E-state index contributed by atoms with van der Waals surface area (Å²) in [6.45, 7) is 7.52. The van der Waals surface area contributed by atoms with Crippen LogP contribution in [0.3, 0.4) is 0 Å². The molecule has 0 radical (unpaired) electrons. The molecule has 3 heterocycles. The minimum atomic E-state index is -0.279. The molecule has 0 saturated carbocycles. The van der Waals surface area contributed by atoms with Crippen LogP contribution in [0.1, 0.15) is 12.8 Å². The molecule has 0 aromatic heterocycles. The molecule has 0 aromatic carbocycles. The first kappa shape index (κ1) is 19.9. The number of rotatable bonds is 2. The van der Waals surface area contributed by atoms with Gasteiger partial charge >= 0.3 is 0 Å². The van der Waals surface area contributed by atoms with Crippen LogP contribution in [-0.4, -0.2) is 86.9 Å². The second-order valence-corrected chi connectivity index (χ2v) is 5.77. The highest BCUT2D eigenvalue weighted by Gasteiger charge is 2.31. The Balaban J connectivity index is 0.00000121. The molecule has 0 spiro atoms. The van der Waals surface area contributed by atoms with Crippen LogP contribution in [0.5, 0.6) is 0 Å². The number of carbonyl (C=O) groups excluding carboxylic acids is 1. The third-order valence-corrected chi connectivity index (χ3v) is 4.54. The van der Waals surface area contributed by atoms with E-state index in [1.807, 2.05) is 4.90 Å². The standard InChI is InChI=1S/C14H25N3O3.2ClH/c18-14(13-11-15-3-10-20-13)17-6-4-16(5-7-17)12-1-8-19-9-2-12;;/h12-13,15H,1-11H2;2*1H. The van der Waals surface area contributed by atoms with E-state index in [1.165, 1.54) is 0 Å². The molecular weight excluding hydrogens is 329 g/mol. The number of nitrogens with one attached hydrogen (secondary N) is 1. The molecule has 1 amide bonds. The van der Waals surface area contributed by atoms with Gasteiger partial charge in [-0.3, -0.25) is 9.69 Å². The first-order valence-electron chi connectivity index (χ1n) is 7.77. The van der Waals surface area contributed by atoms with Gasteiger partial charge in [-0.2, -0.15) is 0 Å². The van der Waals surface area contributed by atoms with Gasteiger partial charge in [0.1, 0.15) is 6.10 Å². The Morgan fingerprint density at radius 1 is 1.00 bits per heavy atom. The Labute approximate surface area is 144 Å². The van der Waals surface area contributed by atoms with E-state index in [0.29, 0.717) is 19.2 Å². The van der Waals surface area contributed by atoms with Gasteiger partial charge in [-0.25, -0.2) is 0 Å². The van der Waals surface area contributed by atoms with Gasteiger partial charge in [0.2, 0.25) is 0 Å². The molecule has 0 aromatic rings. The molecule has 3 saturated heterocycles. The van der Waals surface area contributed by atoms with Crippen LogP contribution >= 0.6 is 24.8 Å². The Morgan fingerprint density at radius 2 is 1.68 bits per heavy atom. The fourth-order valence-corrected chi connectivity index (χ4v) is 3.29. The summed E-state index contributed by atoms with van der Waals surface area (Å²) in [6, 6.07) is 0.647. The first-order valence-corrected chi connectivity index (χ1v) is 7.77. The summed E-state index contributed by atoms with van der Waals surface area (Å²) in [6.07, 6.45) is 1.98. The molecule has 1 N–H and O–H groups in total. The van der Waals surface area contributed by atoms with E-state index in [2.05, 4.69) is 10.2 Å². The molecular formula is C14H27Cl2N3O3. The summed E-state index contributed by atoms with van der Waals surface area (Å²) in [4.78, 5) is 16.8. The number of nitrogens with zero attached hydrogens (tertiary/aromatic N) is 2. The third kappa shape index (κ3) is 4.94. The zero-order chi connectivity index (χ0) is 13.8. The van der Waals surface area contributed by atoms with Crippen LogP contribution in [0, 0.1) is 0 Å². The van der Waals surface area contributed by atoms with Gasteiger partial charge in [-0.1, -0.05) is 0 Å². The number of ether oxygens (including phenoxy) is 2. The fourth-order valence-electron chi connectivity index (χ4n) is 3.29. The minimum absolute atomic E-state index is 0. The average Bonchev–Trinajstić information content (AvgIpc) is 2.56. The average molecular weight is 356 g/mol. The highest BCUT2D eigenvalue weighted by atomic mass is 35.5. The van der Waals surface area contributed by atoms with Crippen molar-refractivity contribution in [2.75, 3.05) is 59.1 Å². The topological polar surface area (TPSA) is 54.0 Å². The summed E-state index contributed by atoms with van der Waals surface area (Å²) in [5, 5.41) is 3.22. The number of piperazine rings is 1. The molecule has 3 aliphatic heterocycles. The number of amides is 1. The van der Waals surface area contributed by atoms with Gasteiger partial charge in [0, 0.05) is 58.5 Å². The summed E-state index contributed by atoms with van der Waals surface area (Å²) in [7, 11) is 0. The molecule has 1 unspecified atom stereocenters. The van der Waals surface area contributed by atoms with Crippen molar-refractivity contribution >= 4 is 30.7 Å². The van der Waals surface area contributed by atoms with Crippen molar-refractivity contribution in [2.24, 2.45) is 0 Å². The van der Waals surface area contributed by atoms with Crippen molar-refractivity contribution in [3.8, 4) is 0 Å². The van der Waals surface area contributed by atoms with Crippen molar-refractivity contribution in [3.63, 3.8) is 0 Å². The van der Waals surface area contributed by atoms with Crippen molar-refractivity contribution in [1.29, 1.82) is 0 Å². The smallest absolute Gasteiger partial charge is 0.253 e. The predicted octanol–water partition coefficient (Wildman–Crippen LogP) is 0.142. The zero-order valence-corrected chi connectivity index (χ0v) is 14.5. The quantitative estimate of drug-likeness (QED) is 0.763. The normalized spacial score (nSPS) is 27.6. The van der Waals surface area contributed by atoms with Crippen molar-refractivity contribution in [3.05, 3.63) is 0 Å². The van der Waals surface area contributed by atoms with Crippen LogP contribution in [0.15, 0.2) is 0 Å². The maximum Gasteiger partial charge on any atom is 0.253 e. The van der Waals surface area contributed by atoms with Crippen LogP contribution < -0.4 is 5.32 Å². The van der Waals surface area contributed by atoms with E-state index in [4.69, 9.17) is 9.47 Å². The maximum atomic E-state index is 12.4. The Bertz CT molecular complexity index is 329. The van der Waals surface area contributed by atoms with Crippen LogP contribution in [0.2, 0.25) is 0 Å². The molecule has 1 atom stereocenters. The van der Waals surface area contributed by atoms with E-state index in [-0.39, 0.29) is 36.8 Å². The van der Waals surface area contributed by atoms with Crippen molar-refractivity contribution in [2.45, 2.75) is 25.0 Å². The summed E-state index contributed by atoms with van der Waals surface area (Å²) >= 11 is 0. The van der Waals surface area contributed by atoms with Gasteiger partial charge in [0.05, 0.1) is 6.61 Å². The van der Waals surface area contributed by atoms with E-state index in [1.54, 1.807) is 0 Å². The highest BCUT2D eigenvalue weighted by Crippen LogP contribution is 2.17. The maximum absolute atomic E-state index is 12.4. The van der Waals surface area contributed by atoms with Crippen molar-refractivity contribution < 1.29 is 14.3 Å². The second-order valence-electron chi connectivity index (χ2n) is 5.77.